The lowest BCUT2D eigenvalue weighted by Crippen LogP contribution is -2.30. The number of hydrogen-bond acceptors (Lipinski definition) is 3. The second kappa shape index (κ2) is 6.57. The summed E-state index contributed by atoms with van der Waals surface area (Å²) in [6.07, 6.45) is 3.61. The van der Waals surface area contributed by atoms with E-state index in [1.807, 2.05) is 12.1 Å². The normalized spacial score (nSPS) is 17.3. The fraction of sp³-hybridized carbons (Fsp3) is 0.533. The number of para-hydroxylation sites is 1. The molecule has 2 rings (SSSR count). The number of piperidine rings is 1. The molecule has 0 bridgehead atoms. The van der Waals surface area contributed by atoms with Crippen LogP contribution in [0.25, 0.3) is 0 Å². The summed E-state index contributed by atoms with van der Waals surface area (Å²) in [6.45, 7) is 3.20. The molecule has 0 aliphatic carbocycles. The van der Waals surface area contributed by atoms with Crippen molar-refractivity contribution in [3.05, 3.63) is 29.8 Å². The lowest BCUT2D eigenvalue weighted by atomic mass is 9.94. The first-order valence-electron chi connectivity index (χ1n) is 6.91. The van der Waals surface area contributed by atoms with Crippen molar-refractivity contribution < 1.29 is 9.90 Å². The van der Waals surface area contributed by atoms with Gasteiger partial charge in [-0.1, -0.05) is 12.1 Å². The zero-order valence-electron chi connectivity index (χ0n) is 11.4. The lowest BCUT2D eigenvalue weighted by molar-refractivity contribution is 0.0698. The van der Waals surface area contributed by atoms with Gasteiger partial charge in [0.1, 0.15) is 0 Å². The molecule has 1 aliphatic heterocycles. The van der Waals surface area contributed by atoms with Crippen LogP contribution in [0.2, 0.25) is 0 Å². The predicted molar refractivity (Wildman–Crippen MR) is 76.7 cm³/mol. The standard InChI is InChI=1S/C15H22N2O2/c1-17-10-7-12(8-11-17)6-9-16-14-5-3-2-4-13(14)15(18)19/h2-5,12,16H,6-11H2,1H3,(H,18,19). The summed E-state index contributed by atoms with van der Waals surface area (Å²) in [7, 11) is 2.16. The summed E-state index contributed by atoms with van der Waals surface area (Å²) in [4.78, 5) is 13.4. The van der Waals surface area contributed by atoms with Crippen LogP contribution >= 0.6 is 0 Å². The van der Waals surface area contributed by atoms with Crippen molar-refractivity contribution in [2.75, 3.05) is 32.0 Å². The fourth-order valence-electron chi connectivity index (χ4n) is 2.59. The second-order valence-corrected chi connectivity index (χ2v) is 5.31. The molecule has 0 unspecified atom stereocenters. The average Bonchev–Trinajstić information content (AvgIpc) is 2.41. The van der Waals surface area contributed by atoms with Crippen LogP contribution in [0.1, 0.15) is 29.6 Å². The van der Waals surface area contributed by atoms with Crippen LogP contribution in [0.4, 0.5) is 5.69 Å². The molecule has 0 spiro atoms. The van der Waals surface area contributed by atoms with E-state index in [2.05, 4.69) is 17.3 Å². The Morgan fingerprint density at radius 1 is 1.37 bits per heavy atom. The number of carbonyl (C=O) groups is 1. The van der Waals surface area contributed by atoms with Gasteiger partial charge in [-0.2, -0.15) is 0 Å². The Bertz CT molecular complexity index is 426. The van der Waals surface area contributed by atoms with Crippen LogP contribution in [0, 0.1) is 5.92 Å². The molecule has 4 heteroatoms. The number of aromatic carboxylic acids is 1. The minimum Gasteiger partial charge on any atom is -0.478 e. The van der Waals surface area contributed by atoms with Crippen LogP contribution in [-0.2, 0) is 0 Å². The Morgan fingerprint density at radius 3 is 2.74 bits per heavy atom. The maximum Gasteiger partial charge on any atom is 0.337 e. The maximum absolute atomic E-state index is 11.1. The Balaban J connectivity index is 1.81. The zero-order valence-corrected chi connectivity index (χ0v) is 11.4. The van der Waals surface area contributed by atoms with E-state index in [0.29, 0.717) is 5.56 Å². The number of rotatable bonds is 5. The van der Waals surface area contributed by atoms with Gasteiger partial charge in [0.25, 0.3) is 0 Å². The van der Waals surface area contributed by atoms with Crippen LogP contribution < -0.4 is 5.32 Å². The van der Waals surface area contributed by atoms with Gasteiger partial charge in [0.15, 0.2) is 0 Å². The highest BCUT2D eigenvalue weighted by Crippen LogP contribution is 2.20. The first-order valence-corrected chi connectivity index (χ1v) is 6.91. The second-order valence-electron chi connectivity index (χ2n) is 5.31. The SMILES string of the molecule is CN1CCC(CCNc2ccccc2C(=O)O)CC1. The van der Waals surface area contributed by atoms with E-state index in [1.165, 1.54) is 25.9 Å². The maximum atomic E-state index is 11.1. The number of carboxylic acid groups (broad SMARTS) is 1. The Labute approximate surface area is 114 Å². The van der Waals surface area contributed by atoms with E-state index in [1.54, 1.807) is 12.1 Å². The first-order chi connectivity index (χ1) is 9.16. The van der Waals surface area contributed by atoms with E-state index >= 15 is 0 Å². The molecule has 0 saturated carbocycles. The number of carboxylic acids is 1. The molecule has 0 aromatic heterocycles. The van der Waals surface area contributed by atoms with Gasteiger partial charge in [-0.05, 0) is 57.5 Å². The Kier molecular flexibility index (Phi) is 4.80. The topological polar surface area (TPSA) is 52.6 Å². The van der Waals surface area contributed by atoms with Gasteiger partial charge in [0.05, 0.1) is 5.56 Å². The van der Waals surface area contributed by atoms with Crippen molar-refractivity contribution in [2.24, 2.45) is 5.92 Å². The highest BCUT2D eigenvalue weighted by atomic mass is 16.4. The third kappa shape index (κ3) is 3.96. The van der Waals surface area contributed by atoms with Crippen molar-refractivity contribution in [1.29, 1.82) is 0 Å². The van der Waals surface area contributed by atoms with Crippen LogP contribution in [0.5, 0.6) is 0 Å². The molecule has 0 radical (unpaired) electrons. The smallest absolute Gasteiger partial charge is 0.337 e. The third-order valence-electron chi connectivity index (χ3n) is 3.86. The molecule has 1 aromatic carbocycles. The molecule has 19 heavy (non-hydrogen) atoms. The van der Waals surface area contributed by atoms with E-state index in [-0.39, 0.29) is 0 Å². The molecule has 0 amide bonds. The lowest BCUT2D eigenvalue weighted by Gasteiger charge is -2.29. The van der Waals surface area contributed by atoms with Gasteiger partial charge < -0.3 is 15.3 Å². The minimum atomic E-state index is -0.873. The predicted octanol–water partition coefficient (Wildman–Crippen LogP) is 2.53. The Morgan fingerprint density at radius 2 is 2.05 bits per heavy atom. The van der Waals surface area contributed by atoms with Gasteiger partial charge in [-0.15, -0.1) is 0 Å². The number of nitrogens with zero attached hydrogens (tertiary/aromatic N) is 1. The molecule has 0 atom stereocenters. The van der Waals surface area contributed by atoms with E-state index in [4.69, 9.17) is 5.11 Å². The summed E-state index contributed by atoms with van der Waals surface area (Å²) in [5.74, 6) is -0.108. The molecule has 2 N–H and O–H groups in total. The highest BCUT2D eigenvalue weighted by molar-refractivity contribution is 5.94. The van der Waals surface area contributed by atoms with Crippen LogP contribution in [0.3, 0.4) is 0 Å². The van der Waals surface area contributed by atoms with E-state index in [0.717, 1.165) is 24.6 Å². The molecule has 1 aliphatic rings. The third-order valence-corrected chi connectivity index (χ3v) is 3.86. The zero-order chi connectivity index (χ0) is 13.7. The molecule has 1 aromatic rings. The molecule has 1 fully saturated rings. The van der Waals surface area contributed by atoms with Gasteiger partial charge in [0.2, 0.25) is 0 Å². The molecule has 1 saturated heterocycles. The summed E-state index contributed by atoms with van der Waals surface area (Å²) < 4.78 is 0. The number of likely N-dealkylation sites (tertiary alicyclic amines) is 1. The quantitative estimate of drug-likeness (QED) is 0.856. The molecular formula is C15H22N2O2. The van der Waals surface area contributed by atoms with Gasteiger partial charge in [-0.3, -0.25) is 0 Å². The minimum absolute atomic E-state index is 0.353. The molecule has 104 valence electrons. The van der Waals surface area contributed by atoms with Crippen molar-refractivity contribution in [3.8, 4) is 0 Å². The van der Waals surface area contributed by atoms with Gasteiger partial charge in [0, 0.05) is 12.2 Å². The summed E-state index contributed by atoms with van der Waals surface area (Å²) >= 11 is 0. The summed E-state index contributed by atoms with van der Waals surface area (Å²) in [6, 6.07) is 7.09. The van der Waals surface area contributed by atoms with Crippen molar-refractivity contribution in [3.63, 3.8) is 0 Å². The van der Waals surface area contributed by atoms with Crippen molar-refractivity contribution in [1.82, 2.24) is 4.90 Å². The van der Waals surface area contributed by atoms with E-state index in [9.17, 15) is 4.79 Å². The highest BCUT2D eigenvalue weighted by Gasteiger charge is 2.16. The Hall–Kier alpha value is -1.55. The fourth-order valence-corrected chi connectivity index (χ4v) is 2.59. The van der Waals surface area contributed by atoms with Crippen LogP contribution in [-0.4, -0.2) is 42.7 Å². The van der Waals surface area contributed by atoms with Gasteiger partial charge >= 0.3 is 5.97 Å². The molecular weight excluding hydrogens is 240 g/mol. The van der Waals surface area contributed by atoms with Gasteiger partial charge in [-0.25, -0.2) is 4.79 Å². The number of nitrogens with one attached hydrogen (secondary N) is 1. The number of anilines is 1. The first kappa shape index (κ1) is 13.9. The molecule has 4 nitrogen and oxygen atoms in total. The molecule has 1 heterocycles. The van der Waals surface area contributed by atoms with Crippen LogP contribution in [0.15, 0.2) is 24.3 Å². The monoisotopic (exact) mass is 262 g/mol. The average molecular weight is 262 g/mol. The number of benzene rings is 1. The number of hydrogen-bond donors (Lipinski definition) is 2. The van der Waals surface area contributed by atoms with Crippen molar-refractivity contribution >= 4 is 11.7 Å². The summed E-state index contributed by atoms with van der Waals surface area (Å²) in [5, 5.41) is 12.4. The summed E-state index contributed by atoms with van der Waals surface area (Å²) in [5.41, 5.74) is 1.08. The van der Waals surface area contributed by atoms with E-state index < -0.39 is 5.97 Å². The largest absolute Gasteiger partial charge is 0.478 e. The van der Waals surface area contributed by atoms with Crippen molar-refractivity contribution in [2.45, 2.75) is 19.3 Å².